The number of carbonyl (C=O) groups excluding carboxylic acids is 1. The zero-order valence-corrected chi connectivity index (χ0v) is 27.7. The molecule has 0 saturated carbocycles. The van der Waals surface area contributed by atoms with E-state index >= 15 is 0 Å². The molecule has 0 aromatic rings. The van der Waals surface area contributed by atoms with E-state index < -0.39 is 0 Å². The normalized spacial score (nSPS) is 16.6. The average molecular weight is 560 g/mol. The molecule has 0 aromatic carbocycles. The molecule has 0 N–H and O–H groups in total. The third-order valence-corrected chi connectivity index (χ3v) is 9.14. The monoisotopic (exact) mass is 560 g/mol. The van der Waals surface area contributed by atoms with E-state index in [1.54, 1.807) is 0 Å². The first-order valence-corrected chi connectivity index (χ1v) is 18.3. The first kappa shape index (κ1) is 37.1. The molecule has 0 saturated heterocycles. The maximum absolute atomic E-state index is 13.1. The van der Waals surface area contributed by atoms with Gasteiger partial charge in [-0.2, -0.15) is 4.48 Å². The maximum Gasteiger partial charge on any atom is 0.324 e. The predicted octanol–water partition coefficient (Wildman–Crippen LogP) is 12.6. The third kappa shape index (κ3) is 19.2. The topological polar surface area (TPSA) is 29.4 Å². The minimum absolute atomic E-state index is 0.330. The molecule has 0 bridgehead atoms. The second-order valence-corrected chi connectivity index (χ2v) is 13.0. The summed E-state index contributed by atoms with van der Waals surface area (Å²) < 4.78 is 0.330. The van der Waals surface area contributed by atoms with Crippen molar-refractivity contribution < 1.29 is 9.28 Å². The summed E-state index contributed by atoms with van der Waals surface area (Å²) in [5.74, 6) is 1.39. The van der Waals surface area contributed by atoms with Gasteiger partial charge in [0.1, 0.15) is 6.20 Å². The number of hydrogen-bond donors (Lipinski definition) is 0. The number of rotatable bonds is 30. The molecule has 3 heteroatoms. The van der Waals surface area contributed by atoms with Gasteiger partial charge in [0.2, 0.25) is 5.84 Å². The minimum Gasteiger partial charge on any atom is -0.230 e. The number of nitrogens with zero attached hydrogens (tertiary/aromatic N) is 2. The highest BCUT2D eigenvalue weighted by molar-refractivity contribution is 5.90. The van der Waals surface area contributed by atoms with Gasteiger partial charge in [0.05, 0.1) is 19.7 Å². The fourth-order valence-corrected chi connectivity index (χ4v) is 6.16. The summed E-state index contributed by atoms with van der Waals surface area (Å²) >= 11 is 0. The van der Waals surface area contributed by atoms with Crippen LogP contribution in [0, 0.1) is 0 Å². The molecule has 1 heterocycles. The van der Waals surface area contributed by atoms with Crippen LogP contribution in [0.15, 0.2) is 17.4 Å². The van der Waals surface area contributed by atoms with E-state index in [9.17, 15) is 4.79 Å². The minimum atomic E-state index is 0.330. The van der Waals surface area contributed by atoms with Crippen molar-refractivity contribution >= 4 is 11.7 Å². The van der Waals surface area contributed by atoms with Crippen molar-refractivity contribution in [1.82, 2.24) is 0 Å². The van der Waals surface area contributed by atoms with Gasteiger partial charge < -0.3 is 0 Å². The van der Waals surface area contributed by atoms with Crippen molar-refractivity contribution in [2.24, 2.45) is 4.99 Å². The van der Waals surface area contributed by atoms with Gasteiger partial charge in [-0.3, -0.25) is 0 Å². The standard InChI is InChI=1S/C37H71N2O/c1-4-6-8-10-12-14-16-18-20-22-24-26-28-30-32-36-38-34-35-39(36,3)37(40)33-31-29-27-25-23-21-19-17-15-13-11-9-7-5-2/h34-35H,4-33H2,1-3H3/q+1. The summed E-state index contributed by atoms with van der Waals surface area (Å²) in [6.07, 6.45) is 43.8. The molecule has 234 valence electrons. The van der Waals surface area contributed by atoms with Crippen molar-refractivity contribution in [3.8, 4) is 0 Å². The molecule has 0 aromatic heterocycles. The largest absolute Gasteiger partial charge is 0.324 e. The molecule has 1 atom stereocenters. The van der Waals surface area contributed by atoms with E-state index in [0.717, 1.165) is 25.1 Å². The van der Waals surface area contributed by atoms with E-state index in [0.29, 0.717) is 16.8 Å². The molecule has 0 fully saturated rings. The number of quaternary nitrogens is 1. The Bertz CT molecular complexity index is 640. The van der Waals surface area contributed by atoms with E-state index in [2.05, 4.69) is 25.9 Å². The van der Waals surface area contributed by atoms with Crippen LogP contribution in [0.25, 0.3) is 0 Å². The van der Waals surface area contributed by atoms with Gasteiger partial charge >= 0.3 is 5.91 Å². The van der Waals surface area contributed by atoms with Gasteiger partial charge in [0.25, 0.3) is 0 Å². The Morgan fingerprint density at radius 2 is 0.850 bits per heavy atom. The molecule has 1 aliphatic heterocycles. The molecule has 0 spiro atoms. The fourth-order valence-electron chi connectivity index (χ4n) is 6.16. The zero-order chi connectivity index (χ0) is 29.0. The predicted molar refractivity (Wildman–Crippen MR) is 178 cm³/mol. The Hall–Kier alpha value is -0.960. The number of aliphatic imine (C=N–C) groups is 1. The summed E-state index contributed by atoms with van der Waals surface area (Å²) in [5.41, 5.74) is 0. The van der Waals surface area contributed by atoms with Crippen LogP contribution in [-0.4, -0.2) is 23.3 Å². The average Bonchev–Trinajstić information content (AvgIpc) is 3.34. The van der Waals surface area contributed by atoms with Crippen LogP contribution in [0.3, 0.4) is 0 Å². The lowest BCUT2D eigenvalue weighted by atomic mass is 10.0. The molecule has 0 radical (unpaired) electrons. The van der Waals surface area contributed by atoms with Crippen molar-refractivity contribution in [3.05, 3.63) is 12.4 Å². The first-order valence-electron chi connectivity index (χ1n) is 18.3. The first-order chi connectivity index (χ1) is 19.6. The van der Waals surface area contributed by atoms with Gasteiger partial charge in [0.15, 0.2) is 0 Å². The lowest BCUT2D eigenvalue weighted by Gasteiger charge is -2.25. The SMILES string of the molecule is CCCCCCCCCCCCCCCCC(=O)[N+]1(C)C=CN=C1CCCCCCCCCCCCCCCC. The van der Waals surface area contributed by atoms with Gasteiger partial charge in [-0.15, -0.1) is 0 Å². The second-order valence-electron chi connectivity index (χ2n) is 13.0. The summed E-state index contributed by atoms with van der Waals surface area (Å²) in [5, 5.41) is 0. The molecule has 3 nitrogen and oxygen atoms in total. The molecule has 1 aliphatic rings. The van der Waals surface area contributed by atoms with Crippen molar-refractivity contribution in [3.63, 3.8) is 0 Å². The Morgan fingerprint density at radius 3 is 1.23 bits per heavy atom. The van der Waals surface area contributed by atoms with Gasteiger partial charge in [-0.05, 0) is 12.8 Å². The second kappa shape index (κ2) is 26.9. The van der Waals surface area contributed by atoms with Crippen molar-refractivity contribution in [2.45, 2.75) is 206 Å². The number of amidine groups is 1. The Balaban J connectivity index is 1.96. The number of hydrogen-bond acceptors (Lipinski definition) is 2. The van der Waals surface area contributed by atoms with Gasteiger partial charge in [-0.25, -0.2) is 9.79 Å². The van der Waals surface area contributed by atoms with Crippen molar-refractivity contribution in [1.29, 1.82) is 0 Å². The molecule has 1 amide bonds. The van der Waals surface area contributed by atoms with Crippen LogP contribution in [0.4, 0.5) is 0 Å². The highest BCUT2D eigenvalue weighted by Gasteiger charge is 2.37. The summed E-state index contributed by atoms with van der Waals surface area (Å²) in [6, 6.07) is 0. The molecule has 40 heavy (non-hydrogen) atoms. The third-order valence-electron chi connectivity index (χ3n) is 9.14. The lowest BCUT2D eigenvalue weighted by molar-refractivity contribution is -0.683. The molecule has 1 rings (SSSR count). The van der Waals surface area contributed by atoms with Crippen LogP contribution < -0.4 is 0 Å². The molecule has 0 aliphatic carbocycles. The van der Waals surface area contributed by atoms with Gasteiger partial charge in [-0.1, -0.05) is 181 Å². The summed E-state index contributed by atoms with van der Waals surface area (Å²) in [7, 11) is 2.05. The number of amides is 1. The molecule has 1 unspecified atom stereocenters. The van der Waals surface area contributed by atoms with E-state index in [1.807, 2.05) is 12.4 Å². The van der Waals surface area contributed by atoms with Gasteiger partial charge in [0, 0.05) is 6.42 Å². The lowest BCUT2D eigenvalue weighted by Crippen LogP contribution is -2.47. The summed E-state index contributed by atoms with van der Waals surface area (Å²) in [6.45, 7) is 4.58. The Kier molecular flexibility index (Phi) is 24.9. The maximum atomic E-state index is 13.1. The smallest absolute Gasteiger partial charge is 0.230 e. The van der Waals surface area contributed by atoms with E-state index in [1.165, 1.54) is 167 Å². The van der Waals surface area contributed by atoms with Crippen LogP contribution in [0.1, 0.15) is 206 Å². The van der Waals surface area contributed by atoms with Crippen molar-refractivity contribution in [2.75, 3.05) is 7.05 Å². The highest BCUT2D eigenvalue weighted by Crippen LogP contribution is 2.22. The number of unbranched alkanes of at least 4 members (excludes halogenated alkanes) is 26. The van der Waals surface area contributed by atoms with Crippen LogP contribution >= 0.6 is 0 Å². The van der Waals surface area contributed by atoms with E-state index in [-0.39, 0.29) is 0 Å². The van der Waals surface area contributed by atoms with E-state index in [4.69, 9.17) is 0 Å². The fraction of sp³-hybridized carbons (Fsp3) is 0.892. The number of carbonyl (C=O) groups is 1. The van der Waals surface area contributed by atoms with Crippen LogP contribution in [-0.2, 0) is 4.79 Å². The quantitative estimate of drug-likeness (QED) is 0.0635. The summed E-state index contributed by atoms with van der Waals surface area (Å²) in [4.78, 5) is 17.7. The van der Waals surface area contributed by atoms with Crippen LogP contribution in [0.2, 0.25) is 0 Å². The molecular formula is C37H71N2O+. The highest BCUT2D eigenvalue weighted by atomic mass is 16.2. The molecular weight excluding hydrogens is 488 g/mol. The zero-order valence-electron chi connectivity index (χ0n) is 27.7. The van der Waals surface area contributed by atoms with Crippen LogP contribution in [0.5, 0.6) is 0 Å². The Morgan fingerprint density at radius 1 is 0.525 bits per heavy atom. The Labute approximate surface area is 251 Å².